The standard InChI is InChI=1S/C14H14ClN3OS/c1-8-6-7-16-13(17-8)12(9-2-3-9)18-14(19)10-4-5-11(15)20-10/h4-7,9,12H,2-3H2,1H3,(H,18,19)/t12-/m1/s1. The predicted octanol–water partition coefficient (Wildman–Crippen LogP) is 3.38. The number of hydrogen-bond acceptors (Lipinski definition) is 4. The highest BCUT2D eigenvalue weighted by molar-refractivity contribution is 7.17. The zero-order chi connectivity index (χ0) is 14.1. The smallest absolute Gasteiger partial charge is 0.262 e. The number of thiophene rings is 1. The van der Waals surface area contributed by atoms with Gasteiger partial charge in [0.1, 0.15) is 0 Å². The van der Waals surface area contributed by atoms with Gasteiger partial charge in [0, 0.05) is 11.9 Å². The topological polar surface area (TPSA) is 54.9 Å². The number of halogens is 1. The van der Waals surface area contributed by atoms with Crippen molar-refractivity contribution in [2.75, 3.05) is 0 Å². The first-order valence-corrected chi connectivity index (χ1v) is 7.68. The van der Waals surface area contributed by atoms with Crippen LogP contribution >= 0.6 is 22.9 Å². The first-order valence-electron chi connectivity index (χ1n) is 6.49. The van der Waals surface area contributed by atoms with Gasteiger partial charge in [0.25, 0.3) is 5.91 Å². The molecule has 0 radical (unpaired) electrons. The fraction of sp³-hybridized carbons (Fsp3) is 0.357. The minimum atomic E-state index is -0.108. The van der Waals surface area contributed by atoms with Crippen LogP contribution in [0.25, 0.3) is 0 Å². The molecule has 3 rings (SSSR count). The first kappa shape index (κ1) is 13.5. The van der Waals surface area contributed by atoms with Gasteiger partial charge in [-0.2, -0.15) is 0 Å². The van der Waals surface area contributed by atoms with Crippen molar-refractivity contribution in [3.05, 3.63) is 45.1 Å². The molecule has 1 saturated carbocycles. The molecule has 1 amide bonds. The molecule has 104 valence electrons. The van der Waals surface area contributed by atoms with Crippen LogP contribution in [0.5, 0.6) is 0 Å². The molecule has 0 aliphatic heterocycles. The Morgan fingerprint density at radius 2 is 2.25 bits per heavy atom. The number of carbonyl (C=O) groups is 1. The maximum Gasteiger partial charge on any atom is 0.262 e. The van der Waals surface area contributed by atoms with Crippen molar-refractivity contribution in [3.8, 4) is 0 Å². The van der Waals surface area contributed by atoms with Crippen LogP contribution in [0.1, 0.15) is 40.1 Å². The summed E-state index contributed by atoms with van der Waals surface area (Å²) in [6.45, 7) is 1.93. The van der Waals surface area contributed by atoms with Gasteiger partial charge in [0.15, 0.2) is 5.82 Å². The summed E-state index contributed by atoms with van der Waals surface area (Å²) in [5.74, 6) is 1.03. The van der Waals surface area contributed by atoms with Crippen LogP contribution in [0, 0.1) is 12.8 Å². The summed E-state index contributed by atoms with van der Waals surface area (Å²) in [5, 5.41) is 3.04. The molecule has 0 unspecified atom stereocenters. The van der Waals surface area contributed by atoms with E-state index >= 15 is 0 Å². The van der Waals surface area contributed by atoms with E-state index in [2.05, 4.69) is 15.3 Å². The minimum absolute atomic E-state index is 0.107. The van der Waals surface area contributed by atoms with Crippen molar-refractivity contribution in [1.82, 2.24) is 15.3 Å². The molecule has 4 nitrogen and oxygen atoms in total. The van der Waals surface area contributed by atoms with E-state index in [9.17, 15) is 4.79 Å². The Morgan fingerprint density at radius 3 is 2.85 bits per heavy atom. The van der Waals surface area contributed by atoms with Crippen LogP contribution < -0.4 is 5.32 Å². The van der Waals surface area contributed by atoms with Gasteiger partial charge < -0.3 is 5.32 Å². The summed E-state index contributed by atoms with van der Waals surface area (Å²) in [6, 6.07) is 5.22. The number of amides is 1. The number of nitrogens with one attached hydrogen (secondary N) is 1. The van der Waals surface area contributed by atoms with Crippen LogP contribution in [0.15, 0.2) is 24.4 Å². The van der Waals surface area contributed by atoms with Crippen molar-refractivity contribution < 1.29 is 4.79 Å². The molecular weight excluding hydrogens is 294 g/mol. The molecule has 2 heterocycles. The van der Waals surface area contributed by atoms with Gasteiger partial charge in [0.05, 0.1) is 15.3 Å². The number of aromatic nitrogens is 2. The minimum Gasteiger partial charge on any atom is -0.341 e. The number of aryl methyl sites for hydroxylation is 1. The van der Waals surface area contributed by atoms with E-state index in [-0.39, 0.29) is 11.9 Å². The zero-order valence-electron chi connectivity index (χ0n) is 11.0. The molecule has 0 spiro atoms. The van der Waals surface area contributed by atoms with Gasteiger partial charge in [-0.1, -0.05) is 11.6 Å². The van der Waals surface area contributed by atoms with Crippen LogP contribution in [-0.2, 0) is 0 Å². The van der Waals surface area contributed by atoms with Crippen LogP contribution in [0.2, 0.25) is 4.34 Å². The van der Waals surface area contributed by atoms with Gasteiger partial charge in [0.2, 0.25) is 0 Å². The SMILES string of the molecule is Cc1ccnc([C@H](NC(=O)c2ccc(Cl)s2)C2CC2)n1. The second kappa shape index (κ2) is 5.50. The third-order valence-corrected chi connectivity index (χ3v) is 4.50. The van der Waals surface area contributed by atoms with Gasteiger partial charge in [-0.05, 0) is 43.9 Å². The number of nitrogens with zero attached hydrogens (tertiary/aromatic N) is 2. The zero-order valence-corrected chi connectivity index (χ0v) is 12.5. The van der Waals surface area contributed by atoms with Gasteiger partial charge >= 0.3 is 0 Å². The largest absolute Gasteiger partial charge is 0.341 e. The molecular formula is C14H14ClN3OS. The van der Waals surface area contributed by atoms with E-state index in [0.717, 1.165) is 18.5 Å². The molecule has 1 aliphatic rings. The highest BCUT2D eigenvalue weighted by Crippen LogP contribution is 2.40. The summed E-state index contributed by atoms with van der Waals surface area (Å²) in [6.07, 6.45) is 3.95. The van der Waals surface area contributed by atoms with Crippen LogP contribution in [0.4, 0.5) is 0 Å². The molecule has 20 heavy (non-hydrogen) atoms. The molecule has 6 heteroatoms. The van der Waals surface area contributed by atoms with Gasteiger partial charge in [-0.3, -0.25) is 4.79 Å². The maximum absolute atomic E-state index is 12.2. The first-order chi connectivity index (χ1) is 9.63. The molecule has 0 aromatic carbocycles. The lowest BCUT2D eigenvalue weighted by Crippen LogP contribution is -2.30. The average Bonchev–Trinajstić information content (AvgIpc) is 3.17. The fourth-order valence-corrected chi connectivity index (χ4v) is 3.04. The average molecular weight is 308 g/mol. The molecule has 2 aromatic heterocycles. The number of hydrogen-bond donors (Lipinski definition) is 1. The summed E-state index contributed by atoms with van der Waals surface area (Å²) < 4.78 is 0.616. The molecule has 1 N–H and O–H groups in total. The van der Waals surface area contributed by atoms with E-state index in [0.29, 0.717) is 21.0 Å². The van der Waals surface area contributed by atoms with Gasteiger partial charge in [-0.25, -0.2) is 9.97 Å². The van der Waals surface area contributed by atoms with Crippen molar-refractivity contribution in [2.45, 2.75) is 25.8 Å². The monoisotopic (exact) mass is 307 g/mol. The fourth-order valence-electron chi connectivity index (χ4n) is 2.09. The Bertz CT molecular complexity index is 639. The van der Waals surface area contributed by atoms with Crippen LogP contribution in [0.3, 0.4) is 0 Å². The highest BCUT2D eigenvalue weighted by atomic mass is 35.5. The lowest BCUT2D eigenvalue weighted by molar-refractivity contribution is 0.0933. The predicted molar refractivity (Wildman–Crippen MR) is 79.0 cm³/mol. The number of carbonyl (C=O) groups excluding carboxylic acids is 1. The molecule has 1 fully saturated rings. The third kappa shape index (κ3) is 2.99. The Balaban J connectivity index is 1.80. The second-order valence-corrected chi connectivity index (χ2v) is 6.66. The summed E-state index contributed by atoms with van der Waals surface area (Å²) >= 11 is 7.15. The molecule has 0 bridgehead atoms. The molecule has 1 atom stereocenters. The third-order valence-electron chi connectivity index (χ3n) is 3.27. The Labute approximate surface area is 126 Å². The lowest BCUT2D eigenvalue weighted by atomic mass is 10.1. The van der Waals surface area contributed by atoms with Crippen LogP contribution in [-0.4, -0.2) is 15.9 Å². The quantitative estimate of drug-likeness (QED) is 0.942. The normalized spacial score (nSPS) is 15.9. The van der Waals surface area contributed by atoms with Crippen molar-refractivity contribution in [3.63, 3.8) is 0 Å². The number of rotatable bonds is 4. The summed E-state index contributed by atoms with van der Waals surface area (Å²) in [5.41, 5.74) is 0.911. The molecule has 2 aromatic rings. The summed E-state index contributed by atoms with van der Waals surface area (Å²) in [7, 11) is 0. The second-order valence-electron chi connectivity index (χ2n) is 4.95. The summed E-state index contributed by atoms with van der Waals surface area (Å²) in [4.78, 5) is 21.6. The molecule has 0 saturated heterocycles. The van der Waals surface area contributed by atoms with Crippen molar-refractivity contribution in [1.29, 1.82) is 0 Å². The van der Waals surface area contributed by atoms with E-state index in [4.69, 9.17) is 11.6 Å². The Hall–Kier alpha value is -1.46. The lowest BCUT2D eigenvalue weighted by Gasteiger charge is -2.16. The van der Waals surface area contributed by atoms with Crippen molar-refractivity contribution >= 4 is 28.8 Å². The Morgan fingerprint density at radius 1 is 1.45 bits per heavy atom. The maximum atomic E-state index is 12.2. The van der Waals surface area contributed by atoms with E-state index in [1.165, 1.54) is 11.3 Å². The van der Waals surface area contributed by atoms with E-state index in [1.54, 1.807) is 18.3 Å². The highest BCUT2D eigenvalue weighted by Gasteiger charge is 2.35. The Kier molecular flexibility index (Phi) is 3.72. The van der Waals surface area contributed by atoms with Gasteiger partial charge in [-0.15, -0.1) is 11.3 Å². The molecule has 1 aliphatic carbocycles. The van der Waals surface area contributed by atoms with E-state index < -0.39 is 0 Å². The van der Waals surface area contributed by atoms with Crippen molar-refractivity contribution in [2.24, 2.45) is 5.92 Å². The van der Waals surface area contributed by atoms with E-state index in [1.807, 2.05) is 13.0 Å².